The van der Waals surface area contributed by atoms with Crippen LogP contribution in [-0.2, 0) is 4.74 Å². The SMILES string of the molecule is C[C@@H]1[C@@H](F)[C@@H](O)CN1C(=O)OC(C)(C)C. The van der Waals surface area contributed by atoms with Crippen molar-refractivity contribution in [3.63, 3.8) is 0 Å². The highest BCUT2D eigenvalue weighted by Crippen LogP contribution is 2.23. The molecular weight excluding hydrogens is 201 g/mol. The number of aliphatic hydroxyl groups is 1. The lowest BCUT2D eigenvalue weighted by molar-refractivity contribution is 0.0209. The molecule has 0 aromatic carbocycles. The number of alkyl halides is 1. The minimum atomic E-state index is -1.39. The summed E-state index contributed by atoms with van der Waals surface area (Å²) in [5, 5.41) is 9.26. The van der Waals surface area contributed by atoms with Crippen LogP contribution in [0.4, 0.5) is 9.18 Å². The third-order valence-electron chi connectivity index (χ3n) is 2.33. The zero-order valence-corrected chi connectivity index (χ0v) is 9.53. The van der Waals surface area contributed by atoms with Crippen LogP contribution in [0, 0.1) is 0 Å². The van der Waals surface area contributed by atoms with Gasteiger partial charge in [-0.15, -0.1) is 0 Å². The van der Waals surface area contributed by atoms with Crippen LogP contribution in [0.3, 0.4) is 0 Å². The van der Waals surface area contributed by atoms with E-state index < -0.39 is 30.0 Å². The quantitative estimate of drug-likeness (QED) is 0.668. The van der Waals surface area contributed by atoms with Crippen molar-refractivity contribution in [1.29, 1.82) is 0 Å². The Morgan fingerprint density at radius 3 is 2.40 bits per heavy atom. The normalized spacial score (nSPS) is 31.9. The second-order valence-corrected chi connectivity index (χ2v) is 4.89. The molecule has 0 bridgehead atoms. The van der Waals surface area contributed by atoms with Gasteiger partial charge in [-0.25, -0.2) is 9.18 Å². The molecule has 5 heteroatoms. The van der Waals surface area contributed by atoms with E-state index in [1.807, 2.05) is 0 Å². The molecule has 0 aliphatic carbocycles. The van der Waals surface area contributed by atoms with Gasteiger partial charge < -0.3 is 9.84 Å². The van der Waals surface area contributed by atoms with E-state index in [9.17, 15) is 14.3 Å². The lowest BCUT2D eigenvalue weighted by atomic mass is 10.2. The zero-order chi connectivity index (χ0) is 11.8. The summed E-state index contributed by atoms with van der Waals surface area (Å²) in [6.45, 7) is 6.79. The van der Waals surface area contributed by atoms with Crippen LogP contribution in [0.1, 0.15) is 27.7 Å². The molecular formula is C10H18FNO3. The fourth-order valence-corrected chi connectivity index (χ4v) is 1.52. The summed E-state index contributed by atoms with van der Waals surface area (Å²) in [6.07, 6.45) is -3.07. The molecule has 15 heavy (non-hydrogen) atoms. The van der Waals surface area contributed by atoms with Gasteiger partial charge in [0.05, 0.1) is 12.6 Å². The summed E-state index contributed by atoms with van der Waals surface area (Å²) < 4.78 is 18.4. The molecule has 4 nitrogen and oxygen atoms in total. The van der Waals surface area contributed by atoms with Gasteiger partial charge in [0.1, 0.15) is 17.9 Å². The maximum Gasteiger partial charge on any atom is 0.410 e. The Bertz CT molecular complexity index is 252. The number of amides is 1. The smallest absolute Gasteiger partial charge is 0.410 e. The molecule has 88 valence electrons. The Balaban J connectivity index is 2.62. The first-order valence-electron chi connectivity index (χ1n) is 5.04. The van der Waals surface area contributed by atoms with Gasteiger partial charge in [0.15, 0.2) is 0 Å². The Labute approximate surface area is 89.0 Å². The van der Waals surface area contributed by atoms with Crippen molar-refractivity contribution in [2.24, 2.45) is 0 Å². The first-order valence-corrected chi connectivity index (χ1v) is 5.04. The van der Waals surface area contributed by atoms with Gasteiger partial charge in [0.2, 0.25) is 0 Å². The van der Waals surface area contributed by atoms with E-state index in [-0.39, 0.29) is 6.54 Å². The molecule has 0 saturated carbocycles. The molecule has 0 radical (unpaired) electrons. The molecule has 1 aliphatic heterocycles. The number of carbonyl (C=O) groups excluding carboxylic acids is 1. The third-order valence-corrected chi connectivity index (χ3v) is 2.33. The minimum absolute atomic E-state index is 0.00273. The lowest BCUT2D eigenvalue weighted by Gasteiger charge is -2.26. The van der Waals surface area contributed by atoms with Gasteiger partial charge in [-0.1, -0.05) is 0 Å². The molecule has 0 aromatic heterocycles. The third kappa shape index (κ3) is 2.81. The number of β-amino-alcohol motifs (C(OH)–C–C–N with tert-alkyl or cyclic N) is 1. The number of halogens is 1. The number of likely N-dealkylation sites (tertiary alicyclic amines) is 1. The molecule has 0 aromatic rings. The highest BCUT2D eigenvalue weighted by atomic mass is 19.1. The molecule has 1 aliphatic rings. The largest absolute Gasteiger partial charge is 0.444 e. The van der Waals surface area contributed by atoms with E-state index >= 15 is 0 Å². The molecule has 0 unspecified atom stereocenters. The number of hydrogen-bond acceptors (Lipinski definition) is 3. The van der Waals surface area contributed by atoms with Crippen LogP contribution in [0.25, 0.3) is 0 Å². The molecule has 1 amide bonds. The number of carbonyl (C=O) groups is 1. The van der Waals surface area contributed by atoms with Crippen molar-refractivity contribution < 1.29 is 19.0 Å². The average molecular weight is 219 g/mol. The summed E-state index contributed by atoms with van der Waals surface area (Å²) in [7, 11) is 0. The van der Waals surface area contributed by atoms with E-state index in [0.717, 1.165) is 0 Å². The summed E-state index contributed by atoms with van der Waals surface area (Å²) in [5.74, 6) is 0. The van der Waals surface area contributed by atoms with Crippen molar-refractivity contribution in [2.45, 2.75) is 51.6 Å². The van der Waals surface area contributed by atoms with Gasteiger partial charge in [-0.05, 0) is 27.7 Å². The Morgan fingerprint density at radius 1 is 1.53 bits per heavy atom. The van der Waals surface area contributed by atoms with Gasteiger partial charge in [0.25, 0.3) is 0 Å². The molecule has 1 fully saturated rings. The number of aliphatic hydroxyl groups excluding tert-OH is 1. The minimum Gasteiger partial charge on any atom is -0.444 e. The molecule has 1 saturated heterocycles. The highest BCUT2D eigenvalue weighted by Gasteiger charge is 2.42. The van der Waals surface area contributed by atoms with E-state index in [2.05, 4.69) is 0 Å². The van der Waals surface area contributed by atoms with E-state index in [1.165, 1.54) is 4.90 Å². The number of nitrogens with zero attached hydrogens (tertiary/aromatic N) is 1. The number of hydrogen-bond donors (Lipinski definition) is 1. The molecule has 3 atom stereocenters. The van der Waals surface area contributed by atoms with Crippen LogP contribution < -0.4 is 0 Å². The second-order valence-electron chi connectivity index (χ2n) is 4.89. The predicted molar refractivity (Wildman–Crippen MR) is 53.3 cm³/mol. The first kappa shape index (κ1) is 12.2. The summed E-state index contributed by atoms with van der Waals surface area (Å²) in [5.41, 5.74) is -0.601. The standard InChI is InChI=1S/C10H18FNO3/c1-6-8(11)7(13)5-12(6)9(14)15-10(2,3)4/h6-8,13H,5H2,1-4H3/t6-,7+,8-/m1/s1. The van der Waals surface area contributed by atoms with Crippen molar-refractivity contribution in [3.8, 4) is 0 Å². The molecule has 1 rings (SSSR count). The molecule has 1 N–H and O–H groups in total. The first-order chi connectivity index (χ1) is 6.72. The number of rotatable bonds is 0. The van der Waals surface area contributed by atoms with Crippen LogP contribution in [0.15, 0.2) is 0 Å². The van der Waals surface area contributed by atoms with Crippen LogP contribution in [-0.4, -0.2) is 46.6 Å². The van der Waals surface area contributed by atoms with E-state index in [4.69, 9.17) is 4.74 Å². The van der Waals surface area contributed by atoms with Crippen molar-refractivity contribution in [2.75, 3.05) is 6.54 Å². The fourth-order valence-electron chi connectivity index (χ4n) is 1.52. The van der Waals surface area contributed by atoms with Crippen LogP contribution >= 0.6 is 0 Å². The van der Waals surface area contributed by atoms with Crippen molar-refractivity contribution >= 4 is 6.09 Å². The number of ether oxygens (including phenoxy) is 1. The highest BCUT2D eigenvalue weighted by molar-refractivity contribution is 5.69. The molecule has 1 heterocycles. The van der Waals surface area contributed by atoms with Gasteiger partial charge >= 0.3 is 6.09 Å². The van der Waals surface area contributed by atoms with Gasteiger partial charge in [0, 0.05) is 0 Å². The second kappa shape index (κ2) is 3.96. The predicted octanol–water partition coefficient (Wildman–Crippen LogP) is 1.32. The Hall–Kier alpha value is -0.840. The maximum atomic E-state index is 13.3. The summed E-state index contributed by atoms with van der Waals surface area (Å²) in [4.78, 5) is 12.8. The van der Waals surface area contributed by atoms with Crippen LogP contribution in [0.5, 0.6) is 0 Å². The van der Waals surface area contributed by atoms with E-state index in [0.29, 0.717) is 0 Å². The van der Waals surface area contributed by atoms with Crippen LogP contribution in [0.2, 0.25) is 0 Å². The Kier molecular flexibility index (Phi) is 3.23. The van der Waals surface area contributed by atoms with Gasteiger partial charge in [-0.3, -0.25) is 4.90 Å². The average Bonchev–Trinajstić information content (AvgIpc) is 2.30. The summed E-state index contributed by atoms with van der Waals surface area (Å²) in [6, 6.07) is -0.630. The monoisotopic (exact) mass is 219 g/mol. The fraction of sp³-hybridized carbons (Fsp3) is 0.900. The van der Waals surface area contributed by atoms with Gasteiger partial charge in [-0.2, -0.15) is 0 Å². The molecule has 0 spiro atoms. The topological polar surface area (TPSA) is 49.8 Å². The van der Waals surface area contributed by atoms with Crippen molar-refractivity contribution in [1.82, 2.24) is 4.90 Å². The summed E-state index contributed by atoms with van der Waals surface area (Å²) >= 11 is 0. The maximum absolute atomic E-state index is 13.3. The lowest BCUT2D eigenvalue weighted by Crippen LogP contribution is -2.40. The van der Waals surface area contributed by atoms with E-state index in [1.54, 1.807) is 27.7 Å². The Morgan fingerprint density at radius 2 is 2.07 bits per heavy atom. The van der Waals surface area contributed by atoms with Crippen molar-refractivity contribution in [3.05, 3.63) is 0 Å². The zero-order valence-electron chi connectivity index (χ0n) is 9.53.